The molecule has 2 rings (SSSR count). The molecule has 90 valence electrons. The average molecular weight is 252 g/mol. The Morgan fingerprint density at radius 3 is 2.71 bits per heavy atom. The van der Waals surface area contributed by atoms with Crippen molar-refractivity contribution >= 4 is 11.6 Å². The lowest BCUT2D eigenvalue weighted by atomic mass is 10.1. The van der Waals surface area contributed by atoms with E-state index in [2.05, 4.69) is 10.1 Å². The standard InChI is InChI=1S/C12H14ClN3O/c1-8(7-14)12-15-11(16-17-12)6-9-2-4-10(13)5-3-9/h2-5,8H,6-7,14H2,1H3. The number of hydrogen-bond donors (Lipinski definition) is 1. The van der Waals surface area contributed by atoms with Crippen LogP contribution < -0.4 is 5.73 Å². The predicted octanol–water partition coefficient (Wildman–Crippen LogP) is 2.38. The van der Waals surface area contributed by atoms with Gasteiger partial charge in [0.05, 0.1) is 0 Å². The summed E-state index contributed by atoms with van der Waals surface area (Å²) in [7, 11) is 0. The van der Waals surface area contributed by atoms with Gasteiger partial charge in [-0.25, -0.2) is 0 Å². The topological polar surface area (TPSA) is 64.9 Å². The Morgan fingerprint density at radius 1 is 1.35 bits per heavy atom. The van der Waals surface area contributed by atoms with Crippen molar-refractivity contribution in [1.82, 2.24) is 10.1 Å². The van der Waals surface area contributed by atoms with Crippen LogP contribution in [0.2, 0.25) is 5.02 Å². The van der Waals surface area contributed by atoms with Crippen LogP contribution in [0, 0.1) is 0 Å². The summed E-state index contributed by atoms with van der Waals surface area (Å²) in [4.78, 5) is 4.31. The molecule has 0 saturated heterocycles. The van der Waals surface area contributed by atoms with Crippen LogP contribution in [0.25, 0.3) is 0 Å². The van der Waals surface area contributed by atoms with Gasteiger partial charge in [-0.15, -0.1) is 0 Å². The Balaban J connectivity index is 2.08. The molecule has 1 atom stereocenters. The summed E-state index contributed by atoms with van der Waals surface area (Å²) in [5.41, 5.74) is 6.64. The van der Waals surface area contributed by atoms with Crippen LogP contribution in [-0.4, -0.2) is 16.7 Å². The van der Waals surface area contributed by atoms with E-state index < -0.39 is 0 Å². The fourth-order valence-electron chi connectivity index (χ4n) is 1.43. The van der Waals surface area contributed by atoms with Gasteiger partial charge in [-0.2, -0.15) is 4.98 Å². The molecule has 2 aromatic rings. The Bertz CT molecular complexity index is 481. The molecule has 0 amide bonds. The highest BCUT2D eigenvalue weighted by atomic mass is 35.5. The van der Waals surface area contributed by atoms with Crippen LogP contribution in [-0.2, 0) is 6.42 Å². The van der Waals surface area contributed by atoms with Gasteiger partial charge in [0.25, 0.3) is 0 Å². The quantitative estimate of drug-likeness (QED) is 0.906. The van der Waals surface area contributed by atoms with Crippen LogP contribution in [0.15, 0.2) is 28.8 Å². The van der Waals surface area contributed by atoms with Crippen molar-refractivity contribution in [2.75, 3.05) is 6.54 Å². The third-order valence-electron chi connectivity index (χ3n) is 2.53. The number of aromatic nitrogens is 2. The van der Waals surface area contributed by atoms with Crippen LogP contribution in [0.3, 0.4) is 0 Å². The summed E-state index contributed by atoms with van der Waals surface area (Å²) in [5.74, 6) is 1.36. The summed E-state index contributed by atoms with van der Waals surface area (Å²) in [6, 6.07) is 7.59. The molecule has 17 heavy (non-hydrogen) atoms. The zero-order valence-corrected chi connectivity index (χ0v) is 10.3. The molecular formula is C12H14ClN3O. The third-order valence-corrected chi connectivity index (χ3v) is 2.79. The van der Waals surface area contributed by atoms with E-state index in [1.165, 1.54) is 0 Å². The molecule has 1 aromatic carbocycles. The normalized spacial score (nSPS) is 12.6. The van der Waals surface area contributed by atoms with Gasteiger partial charge >= 0.3 is 0 Å². The molecule has 0 radical (unpaired) electrons. The number of benzene rings is 1. The first-order chi connectivity index (χ1) is 8.19. The molecule has 0 bridgehead atoms. The van der Waals surface area contributed by atoms with E-state index in [4.69, 9.17) is 21.9 Å². The molecule has 0 aliphatic heterocycles. The minimum Gasteiger partial charge on any atom is -0.339 e. The molecule has 0 saturated carbocycles. The van der Waals surface area contributed by atoms with E-state index in [0.717, 1.165) is 10.6 Å². The minimum absolute atomic E-state index is 0.0986. The Morgan fingerprint density at radius 2 is 2.06 bits per heavy atom. The fraction of sp³-hybridized carbons (Fsp3) is 0.333. The van der Waals surface area contributed by atoms with E-state index >= 15 is 0 Å². The molecular weight excluding hydrogens is 238 g/mol. The van der Waals surface area contributed by atoms with Crippen molar-refractivity contribution in [2.24, 2.45) is 5.73 Å². The van der Waals surface area contributed by atoms with Crippen molar-refractivity contribution < 1.29 is 4.52 Å². The van der Waals surface area contributed by atoms with Crippen molar-refractivity contribution in [3.05, 3.63) is 46.6 Å². The molecule has 5 heteroatoms. The molecule has 0 aliphatic rings. The first-order valence-corrected chi connectivity index (χ1v) is 5.84. The molecule has 4 nitrogen and oxygen atoms in total. The van der Waals surface area contributed by atoms with Gasteiger partial charge in [-0.1, -0.05) is 35.8 Å². The first-order valence-electron chi connectivity index (χ1n) is 5.46. The maximum atomic E-state index is 5.82. The lowest BCUT2D eigenvalue weighted by Crippen LogP contribution is -2.09. The smallest absolute Gasteiger partial charge is 0.230 e. The maximum Gasteiger partial charge on any atom is 0.230 e. The molecule has 0 spiro atoms. The van der Waals surface area contributed by atoms with Gasteiger partial charge in [-0.3, -0.25) is 0 Å². The van der Waals surface area contributed by atoms with Crippen molar-refractivity contribution in [2.45, 2.75) is 19.3 Å². The summed E-state index contributed by atoms with van der Waals surface area (Å²) < 4.78 is 5.15. The van der Waals surface area contributed by atoms with E-state index in [9.17, 15) is 0 Å². The SMILES string of the molecule is CC(CN)c1nc(Cc2ccc(Cl)cc2)no1. The molecule has 1 unspecified atom stereocenters. The van der Waals surface area contributed by atoms with Gasteiger partial charge in [0.1, 0.15) is 0 Å². The second-order valence-electron chi connectivity index (χ2n) is 3.99. The second kappa shape index (κ2) is 5.29. The lowest BCUT2D eigenvalue weighted by molar-refractivity contribution is 0.357. The average Bonchev–Trinajstić information content (AvgIpc) is 2.80. The highest BCUT2D eigenvalue weighted by Crippen LogP contribution is 2.14. The number of hydrogen-bond acceptors (Lipinski definition) is 4. The fourth-order valence-corrected chi connectivity index (χ4v) is 1.55. The molecule has 1 aromatic heterocycles. The van der Waals surface area contributed by atoms with Gasteiger partial charge in [-0.05, 0) is 17.7 Å². The largest absolute Gasteiger partial charge is 0.339 e. The highest BCUT2D eigenvalue weighted by Gasteiger charge is 2.12. The number of nitrogens with zero attached hydrogens (tertiary/aromatic N) is 2. The molecule has 0 aliphatic carbocycles. The predicted molar refractivity (Wildman–Crippen MR) is 66.0 cm³/mol. The van der Waals surface area contributed by atoms with Gasteiger partial charge < -0.3 is 10.3 Å². The van der Waals surface area contributed by atoms with E-state index in [0.29, 0.717) is 24.7 Å². The zero-order chi connectivity index (χ0) is 12.3. The number of rotatable bonds is 4. The molecule has 0 fully saturated rings. The van der Waals surface area contributed by atoms with Gasteiger partial charge in [0.2, 0.25) is 5.89 Å². The first kappa shape index (κ1) is 12.1. The number of halogens is 1. The number of nitrogens with two attached hydrogens (primary N) is 1. The van der Waals surface area contributed by atoms with Crippen LogP contribution in [0.5, 0.6) is 0 Å². The van der Waals surface area contributed by atoms with Gasteiger partial charge in [0.15, 0.2) is 5.82 Å². The highest BCUT2D eigenvalue weighted by molar-refractivity contribution is 6.30. The molecule has 1 heterocycles. The minimum atomic E-state index is 0.0986. The maximum absolute atomic E-state index is 5.82. The summed E-state index contributed by atoms with van der Waals surface area (Å²) >= 11 is 5.82. The van der Waals surface area contributed by atoms with Gasteiger partial charge in [0, 0.05) is 23.9 Å². The van der Waals surface area contributed by atoms with Crippen molar-refractivity contribution in [1.29, 1.82) is 0 Å². The Hall–Kier alpha value is -1.39. The van der Waals surface area contributed by atoms with Crippen molar-refractivity contribution in [3.8, 4) is 0 Å². The van der Waals surface area contributed by atoms with Crippen LogP contribution in [0.4, 0.5) is 0 Å². The van der Waals surface area contributed by atoms with E-state index in [1.807, 2.05) is 31.2 Å². The third kappa shape index (κ3) is 3.05. The monoisotopic (exact) mass is 251 g/mol. The van der Waals surface area contributed by atoms with E-state index in [1.54, 1.807) is 0 Å². The summed E-state index contributed by atoms with van der Waals surface area (Å²) in [6.45, 7) is 2.46. The van der Waals surface area contributed by atoms with Crippen molar-refractivity contribution in [3.63, 3.8) is 0 Å². The van der Waals surface area contributed by atoms with Crippen LogP contribution >= 0.6 is 11.6 Å². The Labute approximate surface area is 105 Å². The Kier molecular flexibility index (Phi) is 3.76. The second-order valence-corrected chi connectivity index (χ2v) is 4.43. The van der Waals surface area contributed by atoms with E-state index in [-0.39, 0.29) is 5.92 Å². The lowest BCUT2D eigenvalue weighted by Gasteiger charge is -1.99. The zero-order valence-electron chi connectivity index (χ0n) is 9.56. The summed E-state index contributed by atoms with van der Waals surface area (Å²) in [5, 5.41) is 4.65. The van der Waals surface area contributed by atoms with Crippen LogP contribution in [0.1, 0.15) is 30.1 Å². The molecule has 2 N–H and O–H groups in total. The summed E-state index contributed by atoms with van der Waals surface area (Å²) in [6.07, 6.45) is 0.637.